The summed E-state index contributed by atoms with van der Waals surface area (Å²) in [5, 5.41) is 0. The Bertz CT molecular complexity index is 580. The molecule has 2 aliphatic rings. The quantitative estimate of drug-likeness (QED) is 0.576. The van der Waals surface area contributed by atoms with Crippen molar-refractivity contribution in [1.82, 2.24) is 4.90 Å². The first-order chi connectivity index (χ1) is 11.2. The van der Waals surface area contributed by atoms with Crippen LogP contribution in [0.2, 0.25) is 0 Å². The summed E-state index contributed by atoms with van der Waals surface area (Å²) in [6.07, 6.45) is 5.78. The minimum atomic E-state index is -0.175. The molecule has 1 heterocycles. The van der Waals surface area contributed by atoms with E-state index in [1.165, 1.54) is 4.90 Å². The number of nitrogens with zero attached hydrogens (tertiary/aromatic N) is 1. The third kappa shape index (κ3) is 4.83. The zero-order chi connectivity index (χ0) is 16.8. The van der Waals surface area contributed by atoms with Crippen LogP contribution >= 0.6 is 0 Å². The van der Waals surface area contributed by atoms with Gasteiger partial charge in [-0.15, -0.1) is 5.92 Å². The van der Waals surface area contributed by atoms with Crippen molar-refractivity contribution in [3.8, 4) is 0 Å². The summed E-state index contributed by atoms with van der Waals surface area (Å²) in [6, 6.07) is 7.31. The van der Waals surface area contributed by atoms with E-state index in [0.29, 0.717) is 24.4 Å². The van der Waals surface area contributed by atoms with Gasteiger partial charge in [0.2, 0.25) is 5.91 Å². The average molecular weight is 403 g/mol. The molecule has 0 unspecified atom stereocenters. The van der Waals surface area contributed by atoms with Crippen LogP contribution in [-0.2, 0) is 48.7 Å². The first kappa shape index (κ1) is 21.2. The van der Waals surface area contributed by atoms with Gasteiger partial charge in [-0.3, -0.25) is 20.8 Å². The maximum atomic E-state index is 12.5. The molecule has 0 atom stereocenters. The van der Waals surface area contributed by atoms with E-state index < -0.39 is 0 Å². The van der Waals surface area contributed by atoms with Crippen LogP contribution < -0.4 is 0 Å². The maximum Gasteiger partial charge on any atom is 0.260 e. The van der Waals surface area contributed by atoms with Gasteiger partial charge in [-0.1, -0.05) is 57.7 Å². The van der Waals surface area contributed by atoms with E-state index in [0.717, 1.165) is 31.2 Å². The second kappa shape index (κ2) is 10.2. The van der Waals surface area contributed by atoms with Crippen molar-refractivity contribution in [3.05, 3.63) is 35.4 Å². The van der Waals surface area contributed by atoms with Gasteiger partial charge in [0.25, 0.3) is 5.91 Å². The second-order valence-electron chi connectivity index (χ2n) is 5.98. The van der Waals surface area contributed by atoms with E-state index in [1.807, 2.05) is 32.0 Å². The maximum absolute atomic E-state index is 12.5. The van der Waals surface area contributed by atoms with Gasteiger partial charge in [0.05, 0.1) is 6.42 Å². The smallest absolute Gasteiger partial charge is 0.260 e. The molecule has 2 amide bonds. The summed E-state index contributed by atoms with van der Waals surface area (Å²) in [5.74, 6) is 0.0659. The van der Waals surface area contributed by atoms with Crippen molar-refractivity contribution in [2.24, 2.45) is 11.8 Å². The topological polar surface area (TPSA) is 54.5 Å². The molecule has 4 nitrogen and oxygen atoms in total. The molecule has 1 aromatic carbocycles. The van der Waals surface area contributed by atoms with Crippen molar-refractivity contribution in [2.75, 3.05) is 6.54 Å². The van der Waals surface area contributed by atoms with Gasteiger partial charge < -0.3 is 4.79 Å². The van der Waals surface area contributed by atoms with Crippen LogP contribution in [0, 0.1) is 11.8 Å². The molecule has 0 N–H and O–H groups in total. The first-order valence-corrected chi connectivity index (χ1v) is 8.49. The molecule has 5 heteroatoms. The van der Waals surface area contributed by atoms with Crippen molar-refractivity contribution in [2.45, 2.75) is 46.0 Å². The monoisotopic (exact) mass is 403 g/mol. The molecule has 1 radical (unpaired) electrons. The van der Waals surface area contributed by atoms with Gasteiger partial charge in [0.1, 0.15) is 0 Å². The van der Waals surface area contributed by atoms with Crippen molar-refractivity contribution in [3.63, 3.8) is 0 Å². The number of imide groups is 1. The molecular formula is C19H24NO3Y-. The fourth-order valence-corrected chi connectivity index (χ4v) is 3.31. The van der Waals surface area contributed by atoms with Gasteiger partial charge in [-0.05, 0) is 17.5 Å². The van der Waals surface area contributed by atoms with Gasteiger partial charge >= 0.3 is 0 Å². The van der Waals surface area contributed by atoms with Crippen LogP contribution in [0.4, 0.5) is 0 Å². The van der Waals surface area contributed by atoms with Crippen LogP contribution in [0.1, 0.15) is 55.5 Å². The molecule has 0 bridgehead atoms. The Balaban J connectivity index is 0.000000925. The van der Waals surface area contributed by atoms with Gasteiger partial charge in [0, 0.05) is 44.8 Å². The normalized spacial score (nSPS) is 22.7. The molecule has 1 aliphatic carbocycles. The Hall–Kier alpha value is -0.866. The third-order valence-electron chi connectivity index (χ3n) is 4.59. The van der Waals surface area contributed by atoms with Crippen LogP contribution in [-0.4, -0.2) is 29.5 Å². The molecular weight excluding hydrogens is 379 g/mol. The molecule has 1 aliphatic heterocycles. The number of fused-ring (bicyclic) bond motifs is 1. The van der Waals surface area contributed by atoms with E-state index in [9.17, 15) is 14.4 Å². The number of rotatable bonds is 3. The van der Waals surface area contributed by atoms with Crippen molar-refractivity contribution in [1.29, 1.82) is 0 Å². The SMILES string of the molecule is CC.O=[C-]C1CCC(CN2C(=O)Cc3ccccc3C2=O)CC1.[Y]. The minimum Gasteiger partial charge on any atom is -0.542 e. The Kier molecular flexibility index (Phi) is 9.00. The largest absolute Gasteiger partial charge is 0.542 e. The predicted molar refractivity (Wildman–Crippen MR) is 88.7 cm³/mol. The summed E-state index contributed by atoms with van der Waals surface area (Å²) in [5.41, 5.74) is 1.47. The van der Waals surface area contributed by atoms with Gasteiger partial charge in [-0.25, -0.2) is 0 Å². The number of carbonyl (C=O) groups is 2. The number of hydrogen-bond donors (Lipinski definition) is 0. The van der Waals surface area contributed by atoms with Crippen LogP contribution in [0.5, 0.6) is 0 Å². The predicted octanol–water partition coefficient (Wildman–Crippen LogP) is 3.15. The summed E-state index contributed by atoms with van der Waals surface area (Å²) in [6.45, 7) is 4.48. The molecule has 24 heavy (non-hydrogen) atoms. The van der Waals surface area contributed by atoms with Crippen LogP contribution in [0.25, 0.3) is 0 Å². The molecule has 1 fully saturated rings. The standard InChI is InChI=1S/C17H18NO3.C2H6.Y/c19-11-13-7-5-12(6-8-13)10-18-16(20)9-14-3-1-2-4-15(14)17(18)21;1-2;/h1-4,12-13H,5-10H2;1-2H3;/q-1;;. The summed E-state index contributed by atoms with van der Waals surface area (Å²) in [4.78, 5) is 36.7. The fourth-order valence-electron chi connectivity index (χ4n) is 3.31. The summed E-state index contributed by atoms with van der Waals surface area (Å²) in [7, 11) is 0. The summed E-state index contributed by atoms with van der Waals surface area (Å²) < 4.78 is 0. The zero-order valence-corrected chi connectivity index (χ0v) is 17.3. The van der Waals surface area contributed by atoms with Crippen molar-refractivity contribution >= 4 is 18.1 Å². The van der Waals surface area contributed by atoms with Crippen LogP contribution in [0.3, 0.4) is 0 Å². The van der Waals surface area contributed by atoms with Gasteiger partial charge in [-0.2, -0.15) is 0 Å². The third-order valence-corrected chi connectivity index (χ3v) is 4.59. The molecule has 0 spiro atoms. The average Bonchev–Trinajstić information content (AvgIpc) is 2.61. The second-order valence-corrected chi connectivity index (χ2v) is 5.98. The molecule has 127 valence electrons. The van der Waals surface area contributed by atoms with E-state index in [4.69, 9.17) is 0 Å². The van der Waals surface area contributed by atoms with Crippen LogP contribution in [0.15, 0.2) is 24.3 Å². The molecule has 0 aromatic heterocycles. The van der Waals surface area contributed by atoms with E-state index in [1.54, 1.807) is 6.07 Å². The van der Waals surface area contributed by atoms with Crippen molar-refractivity contribution < 1.29 is 47.1 Å². The Labute approximate surface area is 169 Å². The van der Waals surface area contributed by atoms with Gasteiger partial charge in [0.15, 0.2) is 0 Å². The molecule has 1 saturated carbocycles. The zero-order valence-electron chi connectivity index (χ0n) is 14.5. The van der Waals surface area contributed by atoms with E-state index >= 15 is 0 Å². The van der Waals surface area contributed by atoms with E-state index in [2.05, 4.69) is 6.29 Å². The minimum absolute atomic E-state index is 0. The molecule has 0 saturated heterocycles. The fraction of sp³-hybridized carbons (Fsp3) is 0.526. The number of hydrogen-bond acceptors (Lipinski definition) is 3. The molecule has 1 aromatic rings. The number of benzene rings is 1. The Morgan fingerprint density at radius 2 is 1.71 bits per heavy atom. The Morgan fingerprint density at radius 1 is 1.08 bits per heavy atom. The Morgan fingerprint density at radius 3 is 2.33 bits per heavy atom. The van der Waals surface area contributed by atoms with E-state index in [-0.39, 0.29) is 50.4 Å². The first-order valence-electron chi connectivity index (χ1n) is 8.49. The summed E-state index contributed by atoms with van der Waals surface area (Å²) >= 11 is 0. The number of amides is 2. The molecule has 3 rings (SSSR count). The number of carbonyl (C=O) groups excluding carboxylic acids is 3.